The van der Waals surface area contributed by atoms with E-state index in [1.165, 1.54) is 11.3 Å². The highest BCUT2D eigenvalue weighted by Gasteiger charge is 2.10. The minimum atomic E-state index is -0.0559. The third-order valence-electron chi connectivity index (χ3n) is 2.73. The molecule has 0 fully saturated rings. The molecule has 0 radical (unpaired) electrons. The standard InChI is InChI=1S/C14H11BrN2O2S2/c15-12-4-3-11(21-12)10-8-20-14(17-10)6-13(18)16-7-9-2-1-5-19-9/h1-5,8H,6-7H2,(H,16,18). The van der Waals surface area contributed by atoms with E-state index in [0.717, 1.165) is 25.1 Å². The Labute approximate surface area is 138 Å². The molecule has 0 unspecified atom stereocenters. The van der Waals surface area contributed by atoms with Crippen LogP contribution < -0.4 is 5.32 Å². The van der Waals surface area contributed by atoms with E-state index in [9.17, 15) is 4.79 Å². The minimum Gasteiger partial charge on any atom is -0.467 e. The van der Waals surface area contributed by atoms with Crippen LogP contribution in [0.4, 0.5) is 0 Å². The van der Waals surface area contributed by atoms with E-state index in [4.69, 9.17) is 4.42 Å². The number of carbonyl (C=O) groups is 1. The number of thiophene rings is 1. The van der Waals surface area contributed by atoms with Crippen molar-refractivity contribution in [1.82, 2.24) is 10.3 Å². The van der Waals surface area contributed by atoms with Gasteiger partial charge < -0.3 is 9.73 Å². The maximum atomic E-state index is 11.9. The lowest BCUT2D eigenvalue weighted by molar-refractivity contribution is -0.120. The number of halogens is 1. The molecule has 0 aliphatic carbocycles. The first-order chi connectivity index (χ1) is 10.2. The summed E-state index contributed by atoms with van der Waals surface area (Å²) in [5, 5.41) is 5.61. The van der Waals surface area contributed by atoms with Gasteiger partial charge in [0.25, 0.3) is 0 Å². The normalized spacial score (nSPS) is 10.7. The second-order valence-corrected chi connectivity index (χ2v) is 7.67. The van der Waals surface area contributed by atoms with Crippen molar-refractivity contribution in [1.29, 1.82) is 0 Å². The highest BCUT2D eigenvalue weighted by molar-refractivity contribution is 9.11. The van der Waals surface area contributed by atoms with Gasteiger partial charge in [-0.15, -0.1) is 22.7 Å². The van der Waals surface area contributed by atoms with Gasteiger partial charge in [0.15, 0.2) is 0 Å². The number of carbonyl (C=O) groups excluding carboxylic acids is 1. The van der Waals surface area contributed by atoms with Crippen molar-refractivity contribution in [3.63, 3.8) is 0 Å². The molecule has 1 amide bonds. The molecule has 3 heterocycles. The molecule has 1 N–H and O–H groups in total. The van der Waals surface area contributed by atoms with E-state index < -0.39 is 0 Å². The Kier molecular flexibility index (Phi) is 4.52. The van der Waals surface area contributed by atoms with Crippen molar-refractivity contribution in [2.45, 2.75) is 13.0 Å². The van der Waals surface area contributed by atoms with Crippen LogP contribution in [-0.2, 0) is 17.8 Å². The molecule has 108 valence electrons. The second kappa shape index (κ2) is 6.55. The highest BCUT2D eigenvalue weighted by Crippen LogP contribution is 2.31. The molecular weight excluding hydrogens is 372 g/mol. The van der Waals surface area contributed by atoms with Crippen LogP contribution >= 0.6 is 38.6 Å². The molecule has 0 aliphatic rings. The van der Waals surface area contributed by atoms with Gasteiger partial charge in [-0.1, -0.05) is 0 Å². The molecule has 7 heteroatoms. The molecule has 0 saturated carbocycles. The summed E-state index contributed by atoms with van der Waals surface area (Å²) in [5.74, 6) is 0.686. The SMILES string of the molecule is O=C(Cc1nc(-c2ccc(Br)s2)cs1)NCc1ccco1. The Morgan fingerprint density at radius 1 is 1.38 bits per heavy atom. The molecular formula is C14H11BrN2O2S2. The number of nitrogens with one attached hydrogen (secondary N) is 1. The average Bonchev–Trinajstić information content (AvgIpc) is 3.17. The van der Waals surface area contributed by atoms with Crippen LogP contribution in [0.3, 0.4) is 0 Å². The fraction of sp³-hybridized carbons (Fsp3) is 0.143. The molecule has 0 bridgehead atoms. The van der Waals surface area contributed by atoms with Gasteiger partial charge in [0.2, 0.25) is 5.91 Å². The molecule has 3 aromatic heterocycles. The van der Waals surface area contributed by atoms with E-state index in [2.05, 4.69) is 26.2 Å². The number of nitrogens with zero attached hydrogens (tertiary/aromatic N) is 1. The first-order valence-corrected chi connectivity index (χ1v) is 8.69. The summed E-state index contributed by atoms with van der Waals surface area (Å²) in [7, 11) is 0. The van der Waals surface area contributed by atoms with E-state index >= 15 is 0 Å². The number of aromatic nitrogens is 1. The van der Waals surface area contributed by atoms with Crippen molar-refractivity contribution < 1.29 is 9.21 Å². The van der Waals surface area contributed by atoms with Gasteiger partial charge in [0.05, 0.1) is 33.6 Å². The van der Waals surface area contributed by atoms with Crippen LogP contribution in [0.5, 0.6) is 0 Å². The summed E-state index contributed by atoms with van der Waals surface area (Å²) in [4.78, 5) is 17.5. The summed E-state index contributed by atoms with van der Waals surface area (Å²) < 4.78 is 6.24. The molecule has 0 atom stereocenters. The molecule has 0 spiro atoms. The summed E-state index contributed by atoms with van der Waals surface area (Å²) in [6, 6.07) is 7.64. The Balaban J connectivity index is 1.58. The number of furan rings is 1. The largest absolute Gasteiger partial charge is 0.467 e. The maximum absolute atomic E-state index is 11.9. The summed E-state index contributed by atoms with van der Waals surface area (Å²) in [5.41, 5.74) is 0.921. The van der Waals surface area contributed by atoms with E-state index in [1.54, 1.807) is 23.7 Å². The number of amides is 1. The van der Waals surface area contributed by atoms with Gasteiger partial charge in [0.1, 0.15) is 10.8 Å². The molecule has 3 aromatic rings. The van der Waals surface area contributed by atoms with Crippen LogP contribution in [0.1, 0.15) is 10.8 Å². The summed E-state index contributed by atoms with van der Waals surface area (Å²) in [6.45, 7) is 0.405. The van der Waals surface area contributed by atoms with E-state index in [0.29, 0.717) is 6.54 Å². The molecule has 0 aliphatic heterocycles. The lowest BCUT2D eigenvalue weighted by Crippen LogP contribution is -2.24. The zero-order chi connectivity index (χ0) is 14.7. The molecule has 21 heavy (non-hydrogen) atoms. The Hall–Kier alpha value is -1.44. The van der Waals surface area contributed by atoms with Crippen LogP contribution in [0, 0.1) is 0 Å². The van der Waals surface area contributed by atoms with Gasteiger partial charge >= 0.3 is 0 Å². The first kappa shape index (κ1) is 14.5. The number of thiazole rings is 1. The van der Waals surface area contributed by atoms with Crippen molar-refractivity contribution in [2.24, 2.45) is 0 Å². The van der Waals surface area contributed by atoms with Gasteiger partial charge in [0, 0.05) is 5.38 Å². The highest BCUT2D eigenvalue weighted by atomic mass is 79.9. The number of rotatable bonds is 5. The third-order valence-corrected chi connectivity index (χ3v) is 5.22. The van der Waals surface area contributed by atoms with Crippen LogP contribution in [-0.4, -0.2) is 10.9 Å². The minimum absolute atomic E-state index is 0.0559. The maximum Gasteiger partial charge on any atom is 0.227 e. The van der Waals surface area contributed by atoms with Crippen molar-refractivity contribution in [2.75, 3.05) is 0 Å². The fourth-order valence-electron chi connectivity index (χ4n) is 1.76. The predicted octanol–water partition coefficient (Wildman–Crippen LogP) is 4.09. The Morgan fingerprint density at radius 3 is 3.00 bits per heavy atom. The van der Waals surface area contributed by atoms with Gasteiger partial charge in [-0.05, 0) is 40.2 Å². The van der Waals surface area contributed by atoms with Gasteiger partial charge in [-0.3, -0.25) is 4.79 Å². The van der Waals surface area contributed by atoms with E-state index in [1.807, 2.05) is 23.6 Å². The zero-order valence-electron chi connectivity index (χ0n) is 10.8. The molecule has 0 saturated heterocycles. The topological polar surface area (TPSA) is 55.1 Å². The molecule has 0 aromatic carbocycles. The van der Waals surface area contributed by atoms with Crippen molar-refractivity contribution >= 4 is 44.5 Å². The Bertz CT molecular complexity index is 734. The molecule has 4 nitrogen and oxygen atoms in total. The molecule has 3 rings (SSSR count). The summed E-state index contributed by atoms with van der Waals surface area (Å²) in [6.07, 6.45) is 1.88. The van der Waals surface area contributed by atoms with Crippen molar-refractivity contribution in [3.05, 3.63) is 50.5 Å². The predicted molar refractivity (Wildman–Crippen MR) is 87.4 cm³/mol. The number of hydrogen-bond acceptors (Lipinski definition) is 5. The lowest BCUT2D eigenvalue weighted by atomic mass is 10.3. The lowest BCUT2D eigenvalue weighted by Gasteiger charge is -2.00. The number of hydrogen-bond donors (Lipinski definition) is 1. The zero-order valence-corrected chi connectivity index (χ0v) is 14.1. The van der Waals surface area contributed by atoms with Crippen LogP contribution in [0.2, 0.25) is 0 Å². The summed E-state index contributed by atoms with van der Waals surface area (Å²) >= 11 is 6.57. The van der Waals surface area contributed by atoms with Gasteiger partial charge in [-0.2, -0.15) is 0 Å². The fourth-order valence-corrected chi connectivity index (χ4v) is 3.97. The first-order valence-electron chi connectivity index (χ1n) is 6.20. The quantitative estimate of drug-likeness (QED) is 0.722. The monoisotopic (exact) mass is 382 g/mol. The van der Waals surface area contributed by atoms with Crippen LogP contribution in [0.15, 0.2) is 44.1 Å². The van der Waals surface area contributed by atoms with E-state index in [-0.39, 0.29) is 12.3 Å². The average molecular weight is 383 g/mol. The third kappa shape index (κ3) is 3.81. The smallest absolute Gasteiger partial charge is 0.227 e. The van der Waals surface area contributed by atoms with Crippen molar-refractivity contribution in [3.8, 4) is 10.6 Å². The van der Waals surface area contributed by atoms with Crippen LogP contribution in [0.25, 0.3) is 10.6 Å². The Morgan fingerprint density at radius 2 is 2.29 bits per heavy atom. The van der Waals surface area contributed by atoms with Gasteiger partial charge in [-0.25, -0.2) is 4.98 Å². The second-order valence-electron chi connectivity index (χ2n) is 4.26.